The summed E-state index contributed by atoms with van der Waals surface area (Å²) in [6.45, 7) is 1.82. The highest BCUT2D eigenvalue weighted by atomic mass is 19.1. The van der Waals surface area contributed by atoms with Crippen LogP contribution in [-0.2, 0) is 21.6 Å². The highest BCUT2D eigenvalue weighted by molar-refractivity contribution is 5.80. The molecule has 1 aromatic carbocycles. The van der Waals surface area contributed by atoms with Crippen molar-refractivity contribution in [3.8, 4) is 5.75 Å². The number of carbonyl (C=O) groups excluding carboxylic acids is 1. The maximum Gasteiger partial charge on any atom is 0.348 e. The van der Waals surface area contributed by atoms with Gasteiger partial charge in [-0.05, 0) is 24.6 Å². The fraction of sp³-hybridized carbons (Fsp3) is 0.417. The summed E-state index contributed by atoms with van der Waals surface area (Å²) in [5, 5.41) is 0. The van der Waals surface area contributed by atoms with Gasteiger partial charge in [0.25, 0.3) is 0 Å². The van der Waals surface area contributed by atoms with Gasteiger partial charge in [0, 0.05) is 12.0 Å². The van der Waals surface area contributed by atoms with Gasteiger partial charge in [0.2, 0.25) is 5.67 Å². The molecule has 1 unspecified atom stereocenters. The number of alkyl halides is 1. The van der Waals surface area contributed by atoms with Crippen LogP contribution in [-0.4, -0.2) is 19.7 Å². The summed E-state index contributed by atoms with van der Waals surface area (Å²) in [5.74, 6) is -0.115. The van der Waals surface area contributed by atoms with Crippen molar-refractivity contribution >= 4 is 5.97 Å². The third-order valence-corrected chi connectivity index (χ3v) is 2.80. The molecule has 1 heterocycles. The lowest BCUT2D eigenvalue weighted by Crippen LogP contribution is -2.28. The van der Waals surface area contributed by atoms with E-state index in [0.29, 0.717) is 12.2 Å². The molecule has 0 bridgehead atoms. The number of methoxy groups -OCH3 is 1. The van der Waals surface area contributed by atoms with Crippen molar-refractivity contribution in [2.75, 3.05) is 13.7 Å². The fourth-order valence-corrected chi connectivity index (χ4v) is 1.79. The zero-order valence-electron chi connectivity index (χ0n) is 9.25. The van der Waals surface area contributed by atoms with Crippen molar-refractivity contribution in [2.45, 2.75) is 19.0 Å². The van der Waals surface area contributed by atoms with Crippen LogP contribution in [0.1, 0.15) is 18.1 Å². The molecule has 1 aliphatic heterocycles. The number of benzene rings is 1. The summed E-state index contributed by atoms with van der Waals surface area (Å²) in [7, 11) is 1.18. The number of halogens is 1. The lowest BCUT2D eigenvalue weighted by Gasteiger charge is -2.18. The molecule has 16 heavy (non-hydrogen) atoms. The molecule has 0 saturated carbocycles. The molecular formula is C12H13FO3. The van der Waals surface area contributed by atoms with E-state index in [4.69, 9.17) is 4.74 Å². The van der Waals surface area contributed by atoms with E-state index in [2.05, 4.69) is 4.74 Å². The minimum absolute atomic E-state index is 0.309. The molecule has 0 radical (unpaired) electrons. The second kappa shape index (κ2) is 3.77. The smallest absolute Gasteiger partial charge is 0.348 e. The van der Waals surface area contributed by atoms with E-state index in [1.165, 1.54) is 14.0 Å². The molecule has 86 valence electrons. The second-order valence-corrected chi connectivity index (χ2v) is 3.92. The molecule has 0 amide bonds. The minimum atomic E-state index is -2.10. The Morgan fingerprint density at radius 3 is 3.00 bits per heavy atom. The Kier molecular flexibility index (Phi) is 2.58. The van der Waals surface area contributed by atoms with Crippen molar-refractivity contribution in [3.05, 3.63) is 29.3 Å². The Morgan fingerprint density at radius 2 is 2.31 bits per heavy atom. The molecule has 0 spiro atoms. The molecular weight excluding hydrogens is 211 g/mol. The first-order chi connectivity index (χ1) is 7.55. The first-order valence-corrected chi connectivity index (χ1v) is 5.09. The van der Waals surface area contributed by atoms with Crippen LogP contribution in [0.4, 0.5) is 4.39 Å². The van der Waals surface area contributed by atoms with Crippen molar-refractivity contribution in [2.24, 2.45) is 0 Å². The van der Waals surface area contributed by atoms with E-state index >= 15 is 0 Å². The standard InChI is InChI=1S/C12H13FO3/c1-12(13,11(14)15-2)9-3-4-10-8(7-9)5-6-16-10/h3-4,7H,5-6H2,1-2H3. The third-order valence-electron chi connectivity index (χ3n) is 2.80. The van der Waals surface area contributed by atoms with Crippen LogP contribution in [0.15, 0.2) is 18.2 Å². The van der Waals surface area contributed by atoms with Gasteiger partial charge >= 0.3 is 5.97 Å². The lowest BCUT2D eigenvalue weighted by atomic mass is 9.95. The van der Waals surface area contributed by atoms with Crippen LogP contribution in [0.2, 0.25) is 0 Å². The number of esters is 1. The summed E-state index contributed by atoms with van der Waals surface area (Å²) in [6, 6.07) is 4.92. The molecule has 4 heteroatoms. The van der Waals surface area contributed by atoms with Gasteiger partial charge in [-0.25, -0.2) is 9.18 Å². The summed E-state index contributed by atoms with van der Waals surface area (Å²) in [4.78, 5) is 11.3. The first kappa shape index (κ1) is 10.9. The molecule has 0 fully saturated rings. The summed E-state index contributed by atoms with van der Waals surface area (Å²) in [5.41, 5.74) is -0.860. The monoisotopic (exact) mass is 224 g/mol. The van der Waals surface area contributed by atoms with E-state index in [1.807, 2.05) is 0 Å². The molecule has 1 aromatic rings. The zero-order chi connectivity index (χ0) is 11.8. The molecule has 1 aliphatic rings. The van der Waals surface area contributed by atoms with E-state index < -0.39 is 11.6 Å². The number of carbonyl (C=O) groups is 1. The van der Waals surface area contributed by atoms with Crippen LogP contribution in [0.5, 0.6) is 5.75 Å². The fourth-order valence-electron chi connectivity index (χ4n) is 1.79. The lowest BCUT2D eigenvalue weighted by molar-refractivity contribution is -0.154. The Balaban J connectivity index is 2.37. The summed E-state index contributed by atoms with van der Waals surface area (Å²) >= 11 is 0. The topological polar surface area (TPSA) is 35.5 Å². The number of ether oxygens (including phenoxy) is 2. The second-order valence-electron chi connectivity index (χ2n) is 3.92. The van der Waals surface area contributed by atoms with Gasteiger partial charge in [-0.15, -0.1) is 0 Å². The number of fused-ring (bicyclic) bond motifs is 1. The maximum atomic E-state index is 14.2. The van der Waals surface area contributed by atoms with Gasteiger partial charge in [-0.2, -0.15) is 0 Å². The van der Waals surface area contributed by atoms with Crippen LogP contribution >= 0.6 is 0 Å². The first-order valence-electron chi connectivity index (χ1n) is 5.09. The molecule has 0 saturated heterocycles. The maximum absolute atomic E-state index is 14.2. The molecule has 0 aromatic heterocycles. The van der Waals surface area contributed by atoms with Gasteiger partial charge in [-0.1, -0.05) is 6.07 Å². The molecule has 2 rings (SSSR count). The average molecular weight is 224 g/mol. The van der Waals surface area contributed by atoms with E-state index in [0.717, 1.165) is 17.7 Å². The molecule has 0 N–H and O–H groups in total. The van der Waals surface area contributed by atoms with E-state index in [1.54, 1.807) is 18.2 Å². The normalized spacial score (nSPS) is 17.2. The Morgan fingerprint density at radius 1 is 1.56 bits per heavy atom. The average Bonchev–Trinajstić information content (AvgIpc) is 2.74. The SMILES string of the molecule is COC(=O)C(C)(F)c1ccc2c(c1)CCO2. The van der Waals surface area contributed by atoms with Crippen LogP contribution in [0.3, 0.4) is 0 Å². The van der Waals surface area contributed by atoms with Crippen molar-refractivity contribution in [1.29, 1.82) is 0 Å². The molecule has 1 atom stereocenters. The van der Waals surface area contributed by atoms with E-state index in [9.17, 15) is 9.18 Å². The number of hydrogen-bond donors (Lipinski definition) is 0. The minimum Gasteiger partial charge on any atom is -0.493 e. The Hall–Kier alpha value is -1.58. The van der Waals surface area contributed by atoms with Crippen molar-refractivity contribution in [3.63, 3.8) is 0 Å². The van der Waals surface area contributed by atoms with Crippen molar-refractivity contribution in [1.82, 2.24) is 0 Å². The van der Waals surface area contributed by atoms with Crippen LogP contribution in [0.25, 0.3) is 0 Å². The predicted molar refractivity (Wildman–Crippen MR) is 56.1 cm³/mol. The van der Waals surface area contributed by atoms with Gasteiger partial charge < -0.3 is 9.47 Å². The third kappa shape index (κ3) is 1.64. The highest BCUT2D eigenvalue weighted by Gasteiger charge is 2.37. The quantitative estimate of drug-likeness (QED) is 0.720. The number of rotatable bonds is 2. The summed E-state index contributed by atoms with van der Waals surface area (Å²) < 4.78 is 23.9. The van der Waals surface area contributed by atoms with Crippen LogP contribution < -0.4 is 4.74 Å². The predicted octanol–water partition coefficient (Wildman–Crippen LogP) is 1.98. The number of hydrogen-bond acceptors (Lipinski definition) is 3. The Bertz CT molecular complexity index is 426. The molecule has 0 aliphatic carbocycles. The van der Waals surface area contributed by atoms with E-state index in [-0.39, 0.29) is 0 Å². The van der Waals surface area contributed by atoms with Crippen LogP contribution in [0, 0.1) is 0 Å². The van der Waals surface area contributed by atoms with Crippen molar-refractivity contribution < 1.29 is 18.7 Å². The van der Waals surface area contributed by atoms with Gasteiger partial charge in [0.05, 0.1) is 13.7 Å². The largest absolute Gasteiger partial charge is 0.493 e. The zero-order valence-corrected chi connectivity index (χ0v) is 9.25. The summed E-state index contributed by atoms with van der Waals surface area (Å²) in [6.07, 6.45) is 0.750. The van der Waals surface area contributed by atoms with Gasteiger partial charge in [-0.3, -0.25) is 0 Å². The highest BCUT2D eigenvalue weighted by Crippen LogP contribution is 2.33. The molecule has 3 nitrogen and oxygen atoms in total. The van der Waals surface area contributed by atoms with Gasteiger partial charge in [0.1, 0.15) is 5.75 Å². The Labute approximate surface area is 93.2 Å². The van der Waals surface area contributed by atoms with Gasteiger partial charge in [0.15, 0.2) is 0 Å².